The summed E-state index contributed by atoms with van der Waals surface area (Å²) in [6, 6.07) is 0. The fourth-order valence-electron chi connectivity index (χ4n) is 5.32. The van der Waals surface area contributed by atoms with Crippen LogP contribution >= 0.6 is 0 Å². The first-order valence-corrected chi connectivity index (χ1v) is 17.3. The minimum Gasteiger partial charge on any atom is -0.466 e. The molecule has 0 spiro atoms. The summed E-state index contributed by atoms with van der Waals surface area (Å²) in [5.74, 6) is 0.898. The van der Waals surface area contributed by atoms with Gasteiger partial charge in [0.1, 0.15) is 0 Å². The van der Waals surface area contributed by atoms with Gasteiger partial charge in [-0.05, 0) is 18.8 Å². The predicted molar refractivity (Wildman–Crippen MR) is 165 cm³/mol. The number of carbonyl (C=O) groups excluding carboxylic acids is 1. The lowest BCUT2D eigenvalue weighted by Gasteiger charge is -2.06. The lowest BCUT2D eigenvalue weighted by molar-refractivity contribution is -0.143. The van der Waals surface area contributed by atoms with Crippen LogP contribution in [0.25, 0.3) is 0 Å². The Labute approximate surface area is 234 Å². The zero-order valence-electron chi connectivity index (χ0n) is 26.1. The third kappa shape index (κ3) is 33.4. The van der Waals surface area contributed by atoms with Crippen LogP contribution in [-0.4, -0.2) is 12.6 Å². The normalized spacial score (nSPS) is 11.5. The van der Waals surface area contributed by atoms with Crippen molar-refractivity contribution in [2.75, 3.05) is 6.61 Å². The van der Waals surface area contributed by atoms with Gasteiger partial charge >= 0.3 is 5.97 Å². The van der Waals surface area contributed by atoms with Crippen LogP contribution in [0.5, 0.6) is 0 Å². The van der Waals surface area contributed by atoms with Crippen molar-refractivity contribution in [1.82, 2.24) is 0 Å². The molecule has 0 aliphatic rings. The zero-order chi connectivity index (χ0) is 27.1. The molecule has 0 amide bonds. The predicted octanol–water partition coefficient (Wildman–Crippen LogP) is 12.5. The largest absolute Gasteiger partial charge is 0.466 e. The van der Waals surface area contributed by atoms with Gasteiger partial charge in [0.05, 0.1) is 6.61 Å². The van der Waals surface area contributed by atoms with E-state index in [9.17, 15) is 4.79 Å². The SMILES string of the molecule is CCCCCCCCCCCCCCCCCC(=O)OCCCCCCCCCCCCCCC(C)C. The van der Waals surface area contributed by atoms with Crippen molar-refractivity contribution >= 4 is 5.97 Å². The smallest absolute Gasteiger partial charge is 0.305 e. The highest BCUT2D eigenvalue weighted by Gasteiger charge is 2.03. The average molecular weight is 523 g/mol. The van der Waals surface area contributed by atoms with Crippen molar-refractivity contribution in [1.29, 1.82) is 0 Å². The van der Waals surface area contributed by atoms with E-state index in [0.717, 1.165) is 18.8 Å². The molecule has 37 heavy (non-hydrogen) atoms. The number of esters is 1. The van der Waals surface area contributed by atoms with Crippen LogP contribution in [0, 0.1) is 5.92 Å². The van der Waals surface area contributed by atoms with E-state index in [1.807, 2.05) is 0 Å². The van der Waals surface area contributed by atoms with Gasteiger partial charge in [-0.25, -0.2) is 0 Å². The van der Waals surface area contributed by atoms with Crippen LogP contribution in [0.15, 0.2) is 0 Å². The van der Waals surface area contributed by atoms with E-state index in [2.05, 4.69) is 20.8 Å². The molecule has 2 nitrogen and oxygen atoms in total. The Morgan fingerprint density at radius 2 is 0.784 bits per heavy atom. The van der Waals surface area contributed by atoms with Gasteiger partial charge in [-0.15, -0.1) is 0 Å². The zero-order valence-corrected chi connectivity index (χ0v) is 26.1. The summed E-state index contributed by atoms with van der Waals surface area (Å²) in [6.07, 6.45) is 38.7. The molecule has 0 N–H and O–H groups in total. The summed E-state index contributed by atoms with van der Waals surface area (Å²) in [7, 11) is 0. The first kappa shape index (κ1) is 36.5. The van der Waals surface area contributed by atoms with Crippen LogP contribution in [0.1, 0.15) is 207 Å². The number of hydrogen-bond donors (Lipinski definition) is 0. The Bertz CT molecular complexity index is 431. The minimum atomic E-state index is 0.0268. The molecular formula is C35H70O2. The highest BCUT2D eigenvalue weighted by atomic mass is 16.5. The molecule has 0 heterocycles. The molecule has 0 aromatic heterocycles. The molecule has 0 rings (SSSR count). The Balaban J connectivity index is 3.15. The lowest BCUT2D eigenvalue weighted by Crippen LogP contribution is -2.05. The van der Waals surface area contributed by atoms with Gasteiger partial charge in [-0.1, -0.05) is 188 Å². The molecule has 0 fully saturated rings. The second-order valence-electron chi connectivity index (χ2n) is 12.3. The molecule has 0 radical (unpaired) electrons. The van der Waals surface area contributed by atoms with E-state index in [1.54, 1.807) is 0 Å². The van der Waals surface area contributed by atoms with Gasteiger partial charge in [0.15, 0.2) is 0 Å². The molecular weight excluding hydrogens is 452 g/mol. The van der Waals surface area contributed by atoms with Gasteiger partial charge < -0.3 is 4.74 Å². The first-order valence-electron chi connectivity index (χ1n) is 17.3. The molecule has 0 saturated heterocycles. The number of hydrogen-bond acceptors (Lipinski definition) is 2. The van der Waals surface area contributed by atoms with E-state index in [-0.39, 0.29) is 5.97 Å². The van der Waals surface area contributed by atoms with Crippen LogP contribution < -0.4 is 0 Å². The van der Waals surface area contributed by atoms with E-state index in [4.69, 9.17) is 4.74 Å². The maximum absolute atomic E-state index is 11.9. The van der Waals surface area contributed by atoms with Gasteiger partial charge in [0.2, 0.25) is 0 Å². The average Bonchev–Trinajstić information content (AvgIpc) is 2.88. The molecule has 0 aromatic carbocycles. The topological polar surface area (TPSA) is 26.3 Å². The maximum atomic E-state index is 11.9. The molecule has 0 bridgehead atoms. The molecule has 222 valence electrons. The van der Waals surface area contributed by atoms with Crippen LogP contribution in [-0.2, 0) is 9.53 Å². The second kappa shape index (κ2) is 31.7. The third-order valence-electron chi connectivity index (χ3n) is 7.92. The first-order chi connectivity index (χ1) is 18.2. The molecule has 0 aliphatic carbocycles. The van der Waals surface area contributed by atoms with Crippen molar-refractivity contribution in [3.05, 3.63) is 0 Å². The summed E-state index contributed by atoms with van der Waals surface area (Å²) in [4.78, 5) is 11.9. The van der Waals surface area contributed by atoms with Gasteiger partial charge in [0, 0.05) is 6.42 Å². The molecule has 0 unspecified atom stereocenters. The van der Waals surface area contributed by atoms with Crippen molar-refractivity contribution in [2.45, 2.75) is 207 Å². The van der Waals surface area contributed by atoms with E-state index in [1.165, 1.54) is 167 Å². The Morgan fingerprint density at radius 3 is 1.16 bits per heavy atom. The van der Waals surface area contributed by atoms with Crippen LogP contribution in [0.4, 0.5) is 0 Å². The summed E-state index contributed by atoms with van der Waals surface area (Å²) >= 11 is 0. The summed E-state index contributed by atoms with van der Waals surface area (Å²) in [5.41, 5.74) is 0. The number of carbonyl (C=O) groups is 1. The van der Waals surface area contributed by atoms with E-state index < -0.39 is 0 Å². The highest BCUT2D eigenvalue weighted by Crippen LogP contribution is 2.15. The van der Waals surface area contributed by atoms with Gasteiger partial charge in [-0.2, -0.15) is 0 Å². The number of rotatable bonds is 31. The molecule has 2 heteroatoms. The van der Waals surface area contributed by atoms with Crippen LogP contribution in [0.2, 0.25) is 0 Å². The summed E-state index contributed by atoms with van der Waals surface area (Å²) in [5, 5.41) is 0. The summed E-state index contributed by atoms with van der Waals surface area (Å²) < 4.78 is 5.44. The van der Waals surface area contributed by atoms with E-state index in [0.29, 0.717) is 13.0 Å². The Hall–Kier alpha value is -0.530. The van der Waals surface area contributed by atoms with Crippen LogP contribution in [0.3, 0.4) is 0 Å². The van der Waals surface area contributed by atoms with Crippen molar-refractivity contribution in [3.63, 3.8) is 0 Å². The van der Waals surface area contributed by atoms with Crippen molar-refractivity contribution < 1.29 is 9.53 Å². The van der Waals surface area contributed by atoms with E-state index >= 15 is 0 Å². The standard InChI is InChI=1S/C35H70O2/c1-4-5-6-7-8-9-10-11-12-13-17-20-23-26-29-32-35(36)37-33-30-27-24-21-18-15-14-16-19-22-25-28-31-34(2)3/h34H,4-33H2,1-3H3. The third-order valence-corrected chi connectivity index (χ3v) is 7.92. The maximum Gasteiger partial charge on any atom is 0.305 e. The fourth-order valence-corrected chi connectivity index (χ4v) is 5.32. The Morgan fingerprint density at radius 1 is 0.459 bits per heavy atom. The lowest BCUT2D eigenvalue weighted by atomic mass is 10.0. The van der Waals surface area contributed by atoms with Gasteiger partial charge in [-0.3, -0.25) is 4.79 Å². The Kier molecular flexibility index (Phi) is 31.2. The highest BCUT2D eigenvalue weighted by molar-refractivity contribution is 5.69. The van der Waals surface area contributed by atoms with Crippen molar-refractivity contribution in [3.8, 4) is 0 Å². The van der Waals surface area contributed by atoms with Gasteiger partial charge in [0.25, 0.3) is 0 Å². The number of unbranched alkanes of at least 4 members (excludes halogenated alkanes) is 25. The summed E-state index contributed by atoms with van der Waals surface area (Å²) in [6.45, 7) is 7.58. The number of ether oxygens (including phenoxy) is 1. The minimum absolute atomic E-state index is 0.0268. The molecule has 0 aliphatic heterocycles. The molecule has 0 atom stereocenters. The molecule has 0 saturated carbocycles. The fraction of sp³-hybridized carbons (Fsp3) is 0.971. The molecule has 0 aromatic rings. The quantitative estimate of drug-likeness (QED) is 0.0668. The second-order valence-corrected chi connectivity index (χ2v) is 12.3. The van der Waals surface area contributed by atoms with Crippen molar-refractivity contribution in [2.24, 2.45) is 5.92 Å². The monoisotopic (exact) mass is 523 g/mol.